The van der Waals surface area contributed by atoms with E-state index in [2.05, 4.69) is 9.71 Å². The van der Waals surface area contributed by atoms with Gasteiger partial charge in [0.25, 0.3) is 5.56 Å². The van der Waals surface area contributed by atoms with Gasteiger partial charge in [-0.05, 0) is 47.7 Å². The number of benzene rings is 2. The SMILES string of the molecule is COc1c(/C=C/c2cc(F)c(NS(C)(=O)=O)cc2C)cc(-n2ccc(=O)[nH]c2=O)cc1C(C)(C)C. The molecule has 1 heterocycles. The van der Waals surface area contributed by atoms with E-state index in [4.69, 9.17) is 4.74 Å². The maximum absolute atomic E-state index is 14.6. The summed E-state index contributed by atoms with van der Waals surface area (Å²) in [5.41, 5.74) is 1.60. The molecule has 0 aliphatic rings. The molecule has 0 amide bonds. The Morgan fingerprint density at radius 1 is 1.09 bits per heavy atom. The summed E-state index contributed by atoms with van der Waals surface area (Å²) in [6.07, 6.45) is 5.78. The number of aromatic nitrogens is 2. The van der Waals surface area contributed by atoms with Crippen LogP contribution in [0.15, 0.2) is 46.1 Å². The van der Waals surface area contributed by atoms with Gasteiger partial charge in [0, 0.05) is 23.4 Å². The summed E-state index contributed by atoms with van der Waals surface area (Å²) in [6, 6.07) is 7.48. The Morgan fingerprint density at radius 3 is 2.31 bits per heavy atom. The van der Waals surface area contributed by atoms with Crippen molar-refractivity contribution in [2.75, 3.05) is 18.1 Å². The molecule has 0 saturated carbocycles. The lowest BCUT2D eigenvalue weighted by atomic mass is 9.84. The molecule has 8 nitrogen and oxygen atoms in total. The first-order chi connectivity index (χ1) is 16.2. The van der Waals surface area contributed by atoms with Crippen molar-refractivity contribution in [1.82, 2.24) is 9.55 Å². The number of methoxy groups -OCH3 is 1. The van der Waals surface area contributed by atoms with Crippen molar-refractivity contribution in [3.8, 4) is 11.4 Å². The number of sulfonamides is 1. The number of nitrogens with zero attached hydrogens (tertiary/aromatic N) is 1. The third-order valence-corrected chi connectivity index (χ3v) is 5.90. The molecule has 0 unspecified atom stereocenters. The van der Waals surface area contributed by atoms with Gasteiger partial charge in [-0.2, -0.15) is 0 Å². The molecule has 0 aliphatic carbocycles. The van der Waals surface area contributed by atoms with Crippen LogP contribution in [-0.2, 0) is 15.4 Å². The first-order valence-electron chi connectivity index (χ1n) is 10.7. The van der Waals surface area contributed by atoms with Crippen molar-refractivity contribution in [1.29, 1.82) is 0 Å². The van der Waals surface area contributed by atoms with Crippen molar-refractivity contribution in [2.45, 2.75) is 33.1 Å². The van der Waals surface area contributed by atoms with E-state index in [9.17, 15) is 22.4 Å². The molecule has 10 heteroatoms. The molecule has 0 atom stereocenters. The fourth-order valence-electron chi connectivity index (χ4n) is 3.64. The second-order valence-corrected chi connectivity index (χ2v) is 11.0. The van der Waals surface area contributed by atoms with Gasteiger partial charge in [0.1, 0.15) is 11.6 Å². The highest BCUT2D eigenvalue weighted by Gasteiger charge is 2.22. The van der Waals surface area contributed by atoms with Gasteiger partial charge in [0.05, 0.1) is 24.7 Å². The van der Waals surface area contributed by atoms with Gasteiger partial charge in [-0.25, -0.2) is 17.6 Å². The summed E-state index contributed by atoms with van der Waals surface area (Å²) in [7, 11) is -2.08. The molecule has 0 fully saturated rings. The zero-order chi connectivity index (χ0) is 26.1. The average molecular weight is 502 g/mol. The number of nitrogens with one attached hydrogen (secondary N) is 2. The van der Waals surface area contributed by atoms with Gasteiger partial charge in [0.15, 0.2) is 0 Å². The molecule has 3 rings (SSSR count). The second kappa shape index (κ2) is 9.53. The van der Waals surface area contributed by atoms with Gasteiger partial charge in [-0.15, -0.1) is 0 Å². The van der Waals surface area contributed by atoms with Gasteiger partial charge in [-0.3, -0.25) is 19.1 Å². The summed E-state index contributed by atoms with van der Waals surface area (Å²) in [6.45, 7) is 7.75. The van der Waals surface area contributed by atoms with Crippen molar-refractivity contribution in [3.63, 3.8) is 0 Å². The van der Waals surface area contributed by atoms with E-state index in [1.165, 1.54) is 29.0 Å². The minimum Gasteiger partial charge on any atom is -0.496 e. The van der Waals surface area contributed by atoms with Crippen molar-refractivity contribution >= 4 is 27.9 Å². The van der Waals surface area contributed by atoms with Gasteiger partial charge in [-0.1, -0.05) is 32.9 Å². The number of ether oxygens (including phenoxy) is 1. The van der Waals surface area contributed by atoms with E-state index < -0.39 is 27.1 Å². The molecule has 35 heavy (non-hydrogen) atoms. The Bertz CT molecular complexity index is 1530. The van der Waals surface area contributed by atoms with E-state index in [1.807, 2.05) is 26.8 Å². The maximum Gasteiger partial charge on any atom is 0.332 e. The zero-order valence-corrected chi connectivity index (χ0v) is 21.2. The smallest absolute Gasteiger partial charge is 0.332 e. The van der Waals surface area contributed by atoms with Crippen LogP contribution in [0.4, 0.5) is 10.1 Å². The molecule has 2 N–H and O–H groups in total. The first kappa shape index (κ1) is 26.0. The highest BCUT2D eigenvalue weighted by Crippen LogP contribution is 2.37. The molecule has 0 saturated heterocycles. The lowest BCUT2D eigenvalue weighted by Crippen LogP contribution is -2.28. The fraction of sp³-hybridized carbons (Fsp3) is 0.280. The Kier molecular flexibility index (Phi) is 7.07. The largest absolute Gasteiger partial charge is 0.496 e. The lowest BCUT2D eigenvalue weighted by molar-refractivity contribution is 0.396. The monoisotopic (exact) mass is 501 g/mol. The summed E-state index contributed by atoms with van der Waals surface area (Å²) in [4.78, 5) is 26.2. The summed E-state index contributed by atoms with van der Waals surface area (Å²) in [5, 5.41) is 0. The molecule has 3 aromatic rings. The predicted octanol–water partition coefficient (Wildman–Crippen LogP) is 3.82. The van der Waals surface area contributed by atoms with E-state index >= 15 is 0 Å². The Hall–Kier alpha value is -3.66. The molecule has 0 aliphatic heterocycles. The number of halogens is 1. The van der Waals surface area contributed by atoms with Crippen LogP contribution >= 0.6 is 0 Å². The number of H-pyrrole nitrogens is 1. The van der Waals surface area contributed by atoms with Gasteiger partial charge >= 0.3 is 5.69 Å². The van der Waals surface area contributed by atoms with Crippen molar-refractivity contribution in [3.05, 3.63) is 85.4 Å². The van der Waals surface area contributed by atoms with Crippen LogP contribution in [0.3, 0.4) is 0 Å². The average Bonchev–Trinajstić information content (AvgIpc) is 2.72. The second-order valence-electron chi connectivity index (χ2n) is 9.24. The lowest BCUT2D eigenvalue weighted by Gasteiger charge is -2.25. The Morgan fingerprint density at radius 2 is 1.74 bits per heavy atom. The Balaban J connectivity index is 2.18. The van der Waals surface area contributed by atoms with Crippen LogP contribution in [0.25, 0.3) is 17.8 Å². The van der Waals surface area contributed by atoms with E-state index in [0.717, 1.165) is 11.8 Å². The fourth-order valence-corrected chi connectivity index (χ4v) is 4.19. The number of hydrogen-bond acceptors (Lipinski definition) is 5. The maximum atomic E-state index is 14.6. The zero-order valence-electron chi connectivity index (χ0n) is 20.4. The van der Waals surface area contributed by atoms with Crippen LogP contribution in [0, 0.1) is 12.7 Å². The number of anilines is 1. The predicted molar refractivity (Wildman–Crippen MR) is 136 cm³/mol. The first-order valence-corrected chi connectivity index (χ1v) is 12.6. The van der Waals surface area contributed by atoms with Gasteiger partial charge in [0.2, 0.25) is 10.0 Å². The summed E-state index contributed by atoms with van der Waals surface area (Å²) < 4.78 is 46.7. The molecule has 186 valence electrons. The van der Waals surface area contributed by atoms with Crippen molar-refractivity contribution in [2.24, 2.45) is 0 Å². The molecule has 0 bridgehead atoms. The molecule has 0 radical (unpaired) electrons. The topological polar surface area (TPSA) is 110 Å². The van der Waals surface area contributed by atoms with Crippen LogP contribution in [-0.4, -0.2) is 31.3 Å². The van der Waals surface area contributed by atoms with Crippen LogP contribution in [0.2, 0.25) is 0 Å². The van der Waals surface area contributed by atoms with E-state index in [-0.39, 0.29) is 11.1 Å². The number of aryl methyl sites for hydroxylation is 1. The summed E-state index contributed by atoms with van der Waals surface area (Å²) in [5.74, 6) is -0.125. The minimum atomic E-state index is -3.62. The van der Waals surface area contributed by atoms with Gasteiger partial charge < -0.3 is 4.74 Å². The van der Waals surface area contributed by atoms with Crippen LogP contribution in [0.1, 0.15) is 43.0 Å². The highest BCUT2D eigenvalue weighted by molar-refractivity contribution is 7.92. The van der Waals surface area contributed by atoms with E-state index in [1.54, 1.807) is 32.3 Å². The normalized spacial score (nSPS) is 12.2. The number of hydrogen-bond donors (Lipinski definition) is 2. The minimum absolute atomic E-state index is 0.130. The molecular weight excluding hydrogens is 473 g/mol. The van der Waals surface area contributed by atoms with Crippen LogP contribution < -0.4 is 20.7 Å². The summed E-state index contributed by atoms with van der Waals surface area (Å²) >= 11 is 0. The Labute approximate surface area is 203 Å². The van der Waals surface area contributed by atoms with E-state index in [0.29, 0.717) is 28.1 Å². The molecule has 1 aromatic heterocycles. The molecule has 2 aromatic carbocycles. The van der Waals surface area contributed by atoms with Crippen molar-refractivity contribution < 1.29 is 17.5 Å². The third-order valence-electron chi connectivity index (χ3n) is 5.31. The quantitative estimate of drug-likeness (QED) is 0.499. The standard InChI is InChI=1S/C25H28FN3O5S/c1-15-11-21(28-35(6,32)33)20(26)13-16(15)7-8-17-12-18(29-10-9-22(30)27-24(29)31)14-19(23(17)34-5)25(2,3)4/h7-14,28H,1-6H3,(H,27,30,31)/b8-7+. The number of rotatable bonds is 6. The third kappa shape index (κ3) is 6.07. The molecule has 0 spiro atoms. The van der Waals surface area contributed by atoms with Crippen LogP contribution in [0.5, 0.6) is 5.75 Å². The highest BCUT2D eigenvalue weighted by atomic mass is 32.2. The number of aromatic amines is 1. The molecular formula is C25H28FN3O5S.